The summed E-state index contributed by atoms with van der Waals surface area (Å²) in [7, 11) is 0. The summed E-state index contributed by atoms with van der Waals surface area (Å²) in [5.41, 5.74) is 0.623. The molecule has 1 saturated carbocycles. The molecule has 0 radical (unpaired) electrons. The maximum Gasteiger partial charge on any atom is 0.392 e. The van der Waals surface area contributed by atoms with Crippen molar-refractivity contribution in [2.24, 2.45) is 5.92 Å². The lowest BCUT2D eigenvalue weighted by Gasteiger charge is -2.10. The van der Waals surface area contributed by atoms with Crippen molar-refractivity contribution in [1.82, 2.24) is 15.1 Å². The third-order valence-electron chi connectivity index (χ3n) is 2.92. The fourth-order valence-electron chi connectivity index (χ4n) is 1.82. The molecule has 1 fully saturated rings. The van der Waals surface area contributed by atoms with E-state index in [4.69, 9.17) is 0 Å². The number of aromatic nitrogens is 2. The number of nitrogens with zero attached hydrogens (tertiary/aromatic N) is 3. The van der Waals surface area contributed by atoms with Crippen LogP contribution in [0, 0.1) is 23.0 Å². The van der Waals surface area contributed by atoms with Gasteiger partial charge in [-0.1, -0.05) is 6.92 Å². The fourth-order valence-corrected chi connectivity index (χ4v) is 1.82. The summed E-state index contributed by atoms with van der Waals surface area (Å²) in [5, 5.41) is 18.1. The molecule has 0 amide bonds. The molecule has 6 nitrogen and oxygen atoms in total. The SMILES string of the molecule is Cc1cn(CC(C)CNC2CC2)nc1[N+](=O)[O-]. The molecule has 0 aliphatic heterocycles. The lowest BCUT2D eigenvalue weighted by molar-refractivity contribution is -0.390. The summed E-state index contributed by atoms with van der Waals surface area (Å²) < 4.78 is 1.67. The second-order valence-electron chi connectivity index (χ2n) is 4.90. The smallest absolute Gasteiger partial charge is 0.358 e. The van der Waals surface area contributed by atoms with Gasteiger partial charge in [-0.25, -0.2) is 0 Å². The minimum atomic E-state index is -0.432. The molecule has 0 saturated heterocycles. The Bertz CT molecular complexity index is 412. The van der Waals surface area contributed by atoms with Crippen molar-refractivity contribution < 1.29 is 4.92 Å². The van der Waals surface area contributed by atoms with Gasteiger partial charge in [0.15, 0.2) is 0 Å². The number of aryl methyl sites for hydroxylation is 1. The molecule has 94 valence electrons. The summed E-state index contributed by atoms with van der Waals surface area (Å²) >= 11 is 0. The lowest BCUT2D eigenvalue weighted by Crippen LogP contribution is -2.25. The van der Waals surface area contributed by atoms with Gasteiger partial charge in [-0.2, -0.15) is 4.68 Å². The van der Waals surface area contributed by atoms with E-state index >= 15 is 0 Å². The lowest BCUT2D eigenvalue weighted by atomic mass is 10.2. The highest BCUT2D eigenvalue weighted by molar-refractivity contribution is 5.27. The van der Waals surface area contributed by atoms with E-state index in [1.165, 1.54) is 12.8 Å². The van der Waals surface area contributed by atoms with Crippen LogP contribution in [-0.4, -0.2) is 27.3 Å². The third kappa shape index (κ3) is 3.26. The first-order chi connectivity index (χ1) is 8.06. The Kier molecular flexibility index (Phi) is 3.42. The second-order valence-corrected chi connectivity index (χ2v) is 4.90. The normalized spacial score (nSPS) is 17.1. The van der Waals surface area contributed by atoms with E-state index < -0.39 is 4.92 Å². The zero-order valence-electron chi connectivity index (χ0n) is 10.2. The summed E-state index contributed by atoms with van der Waals surface area (Å²) in [6, 6.07) is 0.700. The van der Waals surface area contributed by atoms with Gasteiger partial charge < -0.3 is 15.4 Å². The largest absolute Gasteiger partial charge is 0.392 e. The maximum absolute atomic E-state index is 10.7. The van der Waals surface area contributed by atoms with Crippen LogP contribution in [0.2, 0.25) is 0 Å². The van der Waals surface area contributed by atoms with Crippen molar-refractivity contribution in [2.45, 2.75) is 39.3 Å². The number of hydrogen-bond acceptors (Lipinski definition) is 4. The molecule has 6 heteroatoms. The highest BCUT2D eigenvalue weighted by Gasteiger charge is 2.22. The maximum atomic E-state index is 10.7. The van der Waals surface area contributed by atoms with E-state index in [9.17, 15) is 10.1 Å². The second kappa shape index (κ2) is 4.83. The summed E-state index contributed by atoms with van der Waals surface area (Å²) in [6.07, 6.45) is 4.30. The predicted molar refractivity (Wildman–Crippen MR) is 63.8 cm³/mol. The van der Waals surface area contributed by atoms with E-state index in [-0.39, 0.29) is 5.82 Å². The quantitative estimate of drug-likeness (QED) is 0.602. The van der Waals surface area contributed by atoms with Gasteiger partial charge in [0, 0.05) is 6.04 Å². The highest BCUT2D eigenvalue weighted by atomic mass is 16.6. The van der Waals surface area contributed by atoms with Gasteiger partial charge in [0.05, 0.1) is 23.4 Å². The standard InChI is InChI=1S/C11H18N4O2/c1-8(5-12-10-3-4-10)6-14-7-9(2)11(13-14)15(16)17/h7-8,10,12H,3-6H2,1-2H3. The van der Waals surface area contributed by atoms with E-state index in [1.807, 2.05) is 0 Å². The first kappa shape index (κ1) is 12.0. The molecule has 0 aromatic carbocycles. The minimum Gasteiger partial charge on any atom is -0.358 e. The van der Waals surface area contributed by atoms with Crippen molar-refractivity contribution in [3.8, 4) is 0 Å². The minimum absolute atomic E-state index is 0.0349. The van der Waals surface area contributed by atoms with Crippen LogP contribution in [0.15, 0.2) is 6.20 Å². The molecule has 17 heavy (non-hydrogen) atoms. The van der Waals surface area contributed by atoms with Gasteiger partial charge in [-0.15, -0.1) is 0 Å². The molecule has 1 aliphatic carbocycles. The van der Waals surface area contributed by atoms with Crippen LogP contribution in [0.4, 0.5) is 5.82 Å². The van der Waals surface area contributed by atoms with Gasteiger partial charge in [-0.05, 0) is 37.2 Å². The average Bonchev–Trinajstić information content (AvgIpc) is 3.00. The molecular formula is C11H18N4O2. The van der Waals surface area contributed by atoms with Crippen LogP contribution in [0.3, 0.4) is 0 Å². The average molecular weight is 238 g/mol. The van der Waals surface area contributed by atoms with Gasteiger partial charge in [0.1, 0.15) is 0 Å². The topological polar surface area (TPSA) is 73.0 Å². The predicted octanol–water partition coefficient (Wildman–Crippen LogP) is 1.49. The van der Waals surface area contributed by atoms with Crippen LogP contribution in [0.1, 0.15) is 25.3 Å². The Balaban J connectivity index is 1.88. The van der Waals surface area contributed by atoms with Crippen molar-refractivity contribution in [2.75, 3.05) is 6.54 Å². The zero-order valence-corrected chi connectivity index (χ0v) is 10.2. The number of rotatable bonds is 6. The zero-order chi connectivity index (χ0) is 12.4. The highest BCUT2D eigenvalue weighted by Crippen LogP contribution is 2.19. The first-order valence-electron chi connectivity index (χ1n) is 5.98. The first-order valence-corrected chi connectivity index (χ1v) is 5.98. The van der Waals surface area contributed by atoms with Gasteiger partial charge in [0.25, 0.3) is 0 Å². The molecular weight excluding hydrogens is 220 g/mol. The molecule has 1 unspecified atom stereocenters. The number of hydrogen-bond donors (Lipinski definition) is 1. The van der Waals surface area contributed by atoms with Crippen LogP contribution in [0.25, 0.3) is 0 Å². The van der Waals surface area contributed by atoms with Crippen molar-refractivity contribution in [3.63, 3.8) is 0 Å². The molecule has 0 spiro atoms. The van der Waals surface area contributed by atoms with Crippen LogP contribution >= 0.6 is 0 Å². The molecule has 1 aliphatic rings. The van der Waals surface area contributed by atoms with Gasteiger partial charge in [-0.3, -0.25) is 0 Å². The molecule has 1 heterocycles. The molecule has 1 aromatic rings. The fraction of sp³-hybridized carbons (Fsp3) is 0.727. The Hall–Kier alpha value is -1.43. The van der Waals surface area contributed by atoms with E-state index in [2.05, 4.69) is 17.3 Å². The van der Waals surface area contributed by atoms with E-state index in [0.717, 1.165) is 6.54 Å². The molecule has 1 atom stereocenters. The van der Waals surface area contributed by atoms with Gasteiger partial charge in [0.2, 0.25) is 0 Å². The van der Waals surface area contributed by atoms with Crippen molar-refractivity contribution >= 4 is 5.82 Å². The Morgan fingerprint density at radius 2 is 2.41 bits per heavy atom. The monoisotopic (exact) mass is 238 g/mol. The number of nitro groups is 1. The molecule has 0 bridgehead atoms. The summed E-state index contributed by atoms with van der Waals surface area (Å²) in [4.78, 5) is 10.2. The van der Waals surface area contributed by atoms with Crippen LogP contribution in [0.5, 0.6) is 0 Å². The summed E-state index contributed by atoms with van der Waals surface area (Å²) in [5.74, 6) is 0.391. The van der Waals surface area contributed by atoms with Crippen LogP contribution < -0.4 is 5.32 Å². The molecule has 2 rings (SSSR count). The van der Waals surface area contributed by atoms with Gasteiger partial charge >= 0.3 is 5.82 Å². The molecule has 1 N–H and O–H groups in total. The third-order valence-corrected chi connectivity index (χ3v) is 2.92. The summed E-state index contributed by atoms with van der Waals surface area (Å²) in [6.45, 7) is 5.50. The van der Waals surface area contributed by atoms with E-state index in [0.29, 0.717) is 24.1 Å². The Labute approximate surface area is 100 Å². The van der Waals surface area contributed by atoms with Crippen molar-refractivity contribution in [1.29, 1.82) is 0 Å². The number of nitrogens with one attached hydrogen (secondary N) is 1. The molecule has 1 aromatic heterocycles. The van der Waals surface area contributed by atoms with Crippen LogP contribution in [-0.2, 0) is 6.54 Å². The Morgan fingerprint density at radius 3 is 2.94 bits per heavy atom. The van der Waals surface area contributed by atoms with Crippen molar-refractivity contribution in [3.05, 3.63) is 21.9 Å². The Morgan fingerprint density at radius 1 is 1.71 bits per heavy atom. The van der Waals surface area contributed by atoms with E-state index in [1.54, 1.807) is 17.8 Å².